The minimum atomic E-state index is -0.750. The van der Waals surface area contributed by atoms with Gasteiger partial charge in [-0.1, -0.05) is 49.9 Å². The van der Waals surface area contributed by atoms with Gasteiger partial charge in [0.1, 0.15) is 24.3 Å². The fraction of sp³-hybridized carbons (Fsp3) is 0.647. The van der Waals surface area contributed by atoms with Gasteiger partial charge in [-0.3, -0.25) is 9.59 Å². The maximum atomic E-state index is 10.6. The summed E-state index contributed by atoms with van der Waals surface area (Å²) in [5, 5.41) is 28.6. The second kappa shape index (κ2) is 23.5. The van der Waals surface area contributed by atoms with E-state index in [0.29, 0.717) is 0 Å². The Kier molecular flexibility index (Phi) is 33.6. The second-order valence-electron chi connectivity index (χ2n) is 6.23. The van der Waals surface area contributed by atoms with Crippen LogP contribution in [0.25, 0.3) is 0 Å². The van der Waals surface area contributed by atoms with E-state index in [0.717, 1.165) is 6.08 Å². The van der Waals surface area contributed by atoms with Crippen molar-refractivity contribution >= 4 is 27.7 Å². The van der Waals surface area contributed by atoms with Crippen LogP contribution >= 0.6 is 15.9 Å². The summed E-state index contributed by atoms with van der Waals surface area (Å²) in [4.78, 5) is 20.4. The molecule has 26 heavy (non-hydrogen) atoms. The zero-order chi connectivity index (χ0) is 21.1. The summed E-state index contributed by atoms with van der Waals surface area (Å²) in [6, 6.07) is 0. The van der Waals surface area contributed by atoms with E-state index in [-0.39, 0.29) is 80.8 Å². The third kappa shape index (κ3) is 74.4. The first-order valence-electron chi connectivity index (χ1n) is 7.37. The van der Waals surface area contributed by atoms with E-state index in [9.17, 15) is 14.7 Å². The topological polar surface area (TPSA) is 119 Å². The van der Waals surface area contributed by atoms with Crippen molar-refractivity contribution in [2.45, 2.75) is 52.7 Å². The average Bonchev–Trinajstić information content (AvgIpc) is 2.45. The van der Waals surface area contributed by atoms with Crippen molar-refractivity contribution in [1.29, 1.82) is 0 Å². The van der Waals surface area contributed by atoms with Crippen molar-refractivity contribution in [2.24, 2.45) is 0 Å². The molecule has 0 saturated heterocycles. The SMILES string of the molecule is C=CC(=O)CO.C=CNCO.CC(C)(C)OC(=O)CBr.CC(C)(C)[O-].[K+]. The van der Waals surface area contributed by atoms with Crippen LogP contribution in [0.5, 0.6) is 0 Å². The Morgan fingerprint density at radius 3 is 1.58 bits per heavy atom. The zero-order valence-electron chi connectivity index (χ0n) is 17.1. The molecule has 150 valence electrons. The molecule has 7 nitrogen and oxygen atoms in total. The number of ether oxygens (including phenoxy) is 1. The standard InChI is InChI=1S/C6H11BrO2.C4H6O2.C4H9O.C3H7NO.K/c1-6(2,3)9-5(8)4-7;1-2-4(6)3-5;1-4(2,3)5;1-2-4-3-5;/h4H2,1-3H3;2,5H,1,3H2;1-3H3;2,4-5H,1,3H2;/q;;-1;;+1. The Morgan fingerprint density at radius 2 is 1.54 bits per heavy atom. The molecule has 0 saturated carbocycles. The number of rotatable bonds is 5. The molecule has 0 heterocycles. The Labute approximate surface area is 208 Å². The van der Waals surface area contributed by atoms with Crippen molar-refractivity contribution in [3.8, 4) is 0 Å². The molecule has 0 atom stereocenters. The van der Waals surface area contributed by atoms with Crippen LogP contribution < -0.4 is 61.8 Å². The Balaban J connectivity index is -0.0000000771. The van der Waals surface area contributed by atoms with E-state index in [1.54, 1.807) is 20.8 Å². The van der Waals surface area contributed by atoms with Crippen molar-refractivity contribution in [2.75, 3.05) is 18.7 Å². The van der Waals surface area contributed by atoms with Crippen molar-refractivity contribution in [3.63, 3.8) is 0 Å². The third-order valence-electron chi connectivity index (χ3n) is 1.15. The molecule has 0 fully saturated rings. The number of nitrogens with one attached hydrogen (secondary N) is 1. The summed E-state index contributed by atoms with van der Waals surface area (Å²) in [7, 11) is 0. The van der Waals surface area contributed by atoms with E-state index in [1.807, 2.05) is 20.8 Å². The molecule has 0 radical (unpaired) electrons. The van der Waals surface area contributed by atoms with Gasteiger partial charge in [0.15, 0.2) is 5.78 Å². The van der Waals surface area contributed by atoms with E-state index >= 15 is 0 Å². The van der Waals surface area contributed by atoms with E-state index < -0.39 is 12.2 Å². The smallest absolute Gasteiger partial charge is 0.850 e. The van der Waals surface area contributed by atoms with Crippen molar-refractivity contribution in [1.82, 2.24) is 5.32 Å². The molecule has 0 aromatic heterocycles. The monoisotopic (exact) mass is 465 g/mol. The van der Waals surface area contributed by atoms with E-state index in [1.165, 1.54) is 6.20 Å². The molecule has 0 aliphatic rings. The largest absolute Gasteiger partial charge is 1.00 e. The number of hydrogen-bond donors (Lipinski definition) is 3. The first-order valence-corrected chi connectivity index (χ1v) is 8.50. The molecule has 3 N–H and O–H groups in total. The summed E-state index contributed by atoms with van der Waals surface area (Å²) < 4.78 is 4.90. The second-order valence-corrected chi connectivity index (χ2v) is 6.79. The van der Waals surface area contributed by atoms with Crippen LogP contribution in [0.4, 0.5) is 0 Å². The molecule has 9 heteroatoms. The normalized spacial score (nSPS) is 9.15. The molecule has 0 aromatic carbocycles. The summed E-state index contributed by atoms with van der Waals surface area (Å²) >= 11 is 2.99. The quantitative estimate of drug-likeness (QED) is 0.145. The van der Waals surface area contributed by atoms with Gasteiger partial charge in [-0.15, -0.1) is 5.60 Å². The number of hydrogen-bond acceptors (Lipinski definition) is 7. The minimum absolute atomic E-state index is 0. The fourth-order valence-electron chi connectivity index (χ4n) is 0.498. The van der Waals surface area contributed by atoms with Crippen molar-refractivity contribution < 1.29 is 81.0 Å². The predicted octanol–water partition coefficient (Wildman–Crippen LogP) is -1.72. The van der Waals surface area contributed by atoms with Crippen LogP contribution in [-0.2, 0) is 14.3 Å². The number of aliphatic hydroxyl groups is 2. The number of carbonyl (C=O) groups excluding carboxylic acids is 2. The summed E-state index contributed by atoms with van der Waals surface area (Å²) in [6.07, 6.45) is 2.51. The Bertz CT molecular complexity index is 359. The van der Waals surface area contributed by atoms with Gasteiger partial charge < -0.3 is 25.4 Å². The van der Waals surface area contributed by atoms with E-state index in [2.05, 4.69) is 34.4 Å². The molecule has 0 unspecified atom stereocenters. The van der Waals surface area contributed by atoms with Crippen LogP contribution in [0.3, 0.4) is 0 Å². The molecule has 0 aromatic rings. The first-order chi connectivity index (χ1) is 11.2. The molecule has 0 aliphatic carbocycles. The van der Waals surface area contributed by atoms with Gasteiger partial charge in [0.25, 0.3) is 0 Å². The molecular formula is C17H33BrKNO6. The Hall–Kier alpha value is 0.416. The zero-order valence-corrected chi connectivity index (χ0v) is 21.8. The van der Waals surface area contributed by atoms with Crippen LogP contribution in [0.2, 0.25) is 0 Å². The van der Waals surface area contributed by atoms with Crippen LogP contribution in [-0.4, -0.2) is 51.8 Å². The Morgan fingerprint density at radius 1 is 1.15 bits per heavy atom. The van der Waals surface area contributed by atoms with Gasteiger partial charge in [0.2, 0.25) is 0 Å². The van der Waals surface area contributed by atoms with Gasteiger partial charge in [-0.2, -0.15) is 0 Å². The molecule has 0 aliphatic heterocycles. The molecule has 0 spiro atoms. The van der Waals surface area contributed by atoms with Crippen LogP contribution in [0, 0.1) is 0 Å². The molecule has 0 bridgehead atoms. The number of esters is 1. The van der Waals surface area contributed by atoms with Gasteiger partial charge in [0, 0.05) is 0 Å². The molecular weight excluding hydrogens is 433 g/mol. The average molecular weight is 466 g/mol. The fourth-order valence-corrected chi connectivity index (χ4v) is 0.612. The molecule has 0 amide bonds. The van der Waals surface area contributed by atoms with Gasteiger partial charge >= 0.3 is 57.4 Å². The number of carbonyl (C=O) groups is 2. The number of aliphatic hydroxyl groups excluding tert-OH is 2. The number of alkyl halides is 1. The van der Waals surface area contributed by atoms with Crippen molar-refractivity contribution in [3.05, 3.63) is 25.4 Å². The summed E-state index contributed by atoms with van der Waals surface area (Å²) in [6.45, 7) is 16.4. The van der Waals surface area contributed by atoms with Crippen LogP contribution in [0.1, 0.15) is 41.5 Å². The maximum absolute atomic E-state index is 10.6. The number of ketones is 1. The predicted molar refractivity (Wildman–Crippen MR) is 102 cm³/mol. The van der Waals surface area contributed by atoms with Gasteiger partial charge in [-0.05, 0) is 33.0 Å². The van der Waals surface area contributed by atoms with Crippen LogP contribution in [0.15, 0.2) is 25.4 Å². The summed E-state index contributed by atoms with van der Waals surface area (Å²) in [5.74, 6) is -0.558. The summed E-state index contributed by atoms with van der Waals surface area (Å²) in [5.41, 5.74) is -1.11. The maximum Gasteiger partial charge on any atom is 1.00 e. The number of halogens is 1. The van der Waals surface area contributed by atoms with Gasteiger partial charge in [0.05, 0.1) is 0 Å². The van der Waals surface area contributed by atoms with Gasteiger partial charge in [-0.25, -0.2) is 0 Å². The van der Waals surface area contributed by atoms with E-state index in [4.69, 9.17) is 14.9 Å². The molecule has 0 rings (SSSR count). The minimum Gasteiger partial charge on any atom is -0.850 e. The third-order valence-corrected chi connectivity index (χ3v) is 1.61. The first kappa shape index (κ1) is 37.2.